The molecule has 1 unspecified atom stereocenters. The Bertz CT molecular complexity index is 1030. The first-order valence-electron chi connectivity index (χ1n) is 16.5. The van der Waals surface area contributed by atoms with Crippen molar-refractivity contribution in [2.45, 2.75) is 136 Å². The van der Waals surface area contributed by atoms with E-state index in [2.05, 4.69) is 38.3 Å². The summed E-state index contributed by atoms with van der Waals surface area (Å²) in [5.74, 6) is 2.15. The Hall–Kier alpha value is -3.16. The predicted molar refractivity (Wildman–Crippen MR) is 174 cm³/mol. The number of hydrazine groups is 1. The van der Waals surface area contributed by atoms with Gasteiger partial charge < -0.3 is 26.7 Å². The molecule has 1 aromatic heterocycles. The molecule has 0 saturated heterocycles. The quantitative estimate of drug-likeness (QED) is 0.0343. The molecule has 3 amide bonds. The third kappa shape index (κ3) is 16.6. The zero-order valence-corrected chi connectivity index (χ0v) is 28.0. The number of ketones is 2. The number of unbranched alkanes of at least 4 members (excludes halogenated alkanes) is 7. The lowest BCUT2D eigenvalue weighted by Crippen LogP contribution is -2.58. The number of H-pyrrole nitrogens is 1. The predicted octanol–water partition coefficient (Wildman–Crippen LogP) is 1.96. The fourth-order valence-electron chi connectivity index (χ4n) is 5.14. The van der Waals surface area contributed by atoms with E-state index in [-0.39, 0.29) is 18.3 Å². The average Bonchev–Trinajstić information content (AvgIpc) is 3.49. The molecule has 1 rings (SSSR count). The monoisotopic (exact) mass is 634 g/mol. The van der Waals surface area contributed by atoms with Crippen LogP contribution in [0.1, 0.15) is 111 Å². The van der Waals surface area contributed by atoms with E-state index in [1.54, 1.807) is 0 Å². The molecule has 13 heteroatoms. The maximum absolute atomic E-state index is 13.7. The van der Waals surface area contributed by atoms with Crippen molar-refractivity contribution in [3.63, 3.8) is 0 Å². The molecule has 0 radical (unpaired) electrons. The van der Waals surface area contributed by atoms with Gasteiger partial charge in [0.25, 0.3) is 0 Å². The lowest BCUT2D eigenvalue weighted by atomic mass is 9.93. The molecule has 0 saturated carbocycles. The van der Waals surface area contributed by atoms with Crippen LogP contribution in [-0.4, -0.2) is 70.0 Å². The highest BCUT2D eigenvalue weighted by Gasteiger charge is 2.35. The minimum Gasteiger partial charge on any atom is -0.370 e. The van der Waals surface area contributed by atoms with Gasteiger partial charge in [-0.25, -0.2) is 10.4 Å². The number of primary amides is 1. The summed E-state index contributed by atoms with van der Waals surface area (Å²) >= 11 is 0. The van der Waals surface area contributed by atoms with E-state index in [9.17, 15) is 24.0 Å². The third-order valence-corrected chi connectivity index (χ3v) is 7.56. The minimum absolute atomic E-state index is 0.0414. The number of hydrogen-bond donors (Lipinski definition) is 7. The molecule has 0 aromatic carbocycles. The summed E-state index contributed by atoms with van der Waals surface area (Å²) in [5.41, 5.74) is 8.33. The van der Waals surface area contributed by atoms with Crippen LogP contribution in [0.5, 0.6) is 0 Å². The number of nitrogens with zero attached hydrogens (tertiary/aromatic N) is 1. The smallest absolute Gasteiger partial charge is 0.243 e. The number of hydrogen-bond acceptors (Lipinski definition) is 9. The van der Waals surface area contributed by atoms with Gasteiger partial charge in [-0.1, -0.05) is 79.6 Å². The van der Waals surface area contributed by atoms with Gasteiger partial charge in [0, 0.05) is 18.3 Å². The number of amides is 3. The van der Waals surface area contributed by atoms with Gasteiger partial charge in [-0.3, -0.25) is 29.8 Å². The topological polar surface area (TPSA) is 214 Å². The van der Waals surface area contributed by atoms with Crippen molar-refractivity contribution in [1.82, 2.24) is 31.3 Å². The van der Waals surface area contributed by atoms with E-state index in [0.717, 1.165) is 19.3 Å². The molecule has 0 aliphatic rings. The SMILES string of the molecule is CCCCCCCCCCN[C@@H](CC(C)C)C(=O)C(=O)[C@H](Cc1cnc[nH]1)NC(=O)C(CC(N)=O)NC(=O)[C@H](CC(C)C)NN. The van der Waals surface area contributed by atoms with E-state index in [4.69, 9.17) is 11.6 Å². The number of aromatic nitrogens is 2. The van der Waals surface area contributed by atoms with Crippen molar-refractivity contribution < 1.29 is 24.0 Å². The molecule has 9 N–H and O–H groups in total. The number of carbonyl (C=O) groups excluding carboxylic acids is 5. The van der Waals surface area contributed by atoms with Crippen LogP contribution in [0.2, 0.25) is 0 Å². The van der Waals surface area contributed by atoms with E-state index in [1.165, 1.54) is 44.6 Å². The lowest BCUT2D eigenvalue weighted by Gasteiger charge is -2.25. The van der Waals surface area contributed by atoms with Crippen molar-refractivity contribution in [3.8, 4) is 0 Å². The summed E-state index contributed by atoms with van der Waals surface area (Å²) in [6.07, 6.45) is 12.4. The van der Waals surface area contributed by atoms with Crippen LogP contribution in [0.25, 0.3) is 0 Å². The van der Waals surface area contributed by atoms with E-state index in [0.29, 0.717) is 25.1 Å². The normalized spacial score (nSPS) is 14.1. The highest BCUT2D eigenvalue weighted by atomic mass is 16.2. The second kappa shape index (κ2) is 22.4. The summed E-state index contributed by atoms with van der Waals surface area (Å²) in [5, 5.41) is 8.40. The summed E-state index contributed by atoms with van der Waals surface area (Å²) in [4.78, 5) is 72.3. The first-order chi connectivity index (χ1) is 21.4. The van der Waals surface area contributed by atoms with Gasteiger partial charge in [0.05, 0.1) is 24.8 Å². The van der Waals surface area contributed by atoms with Gasteiger partial charge >= 0.3 is 0 Å². The van der Waals surface area contributed by atoms with Crippen LogP contribution in [0, 0.1) is 11.8 Å². The molecular weight excluding hydrogens is 576 g/mol. The van der Waals surface area contributed by atoms with Crippen LogP contribution in [0.3, 0.4) is 0 Å². The van der Waals surface area contributed by atoms with E-state index >= 15 is 0 Å². The average molecular weight is 635 g/mol. The Balaban J connectivity index is 3.03. The fraction of sp³-hybridized carbons (Fsp3) is 0.750. The van der Waals surface area contributed by atoms with Gasteiger partial charge in [-0.15, -0.1) is 0 Å². The molecule has 45 heavy (non-hydrogen) atoms. The number of rotatable bonds is 26. The van der Waals surface area contributed by atoms with Crippen molar-refractivity contribution in [2.75, 3.05) is 6.54 Å². The molecule has 0 aliphatic heterocycles. The molecule has 0 spiro atoms. The molecule has 0 aliphatic carbocycles. The maximum atomic E-state index is 13.7. The zero-order chi connectivity index (χ0) is 33.8. The summed E-state index contributed by atoms with van der Waals surface area (Å²) in [7, 11) is 0. The summed E-state index contributed by atoms with van der Waals surface area (Å²) in [6, 6.07) is -4.17. The highest BCUT2D eigenvalue weighted by molar-refractivity contribution is 6.41. The first-order valence-corrected chi connectivity index (χ1v) is 16.5. The lowest BCUT2D eigenvalue weighted by molar-refractivity contribution is -0.140. The molecule has 256 valence electrons. The van der Waals surface area contributed by atoms with Gasteiger partial charge in [0.2, 0.25) is 29.3 Å². The van der Waals surface area contributed by atoms with Crippen LogP contribution >= 0.6 is 0 Å². The molecule has 0 fully saturated rings. The molecule has 13 nitrogen and oxygen atoms in total. The largest absolute Gasteiger partial charge is 0.370 e. The Morgan fingerprint density at radius 1 is 0.778 bits per heavy atom. The maximum Gasteiger partial charge on any atom is 0.243 e. The number of imidazole rings is 1. The van der Waals surface area contributed by atoms with E-state index < -0.39 is 59.9 Å². The molecular formula is C32H58N8O5. The van der Waals surface area contributed by atoms with Gasteiger partial charge in [0.15, 0.2) is 0 Å². The van der Waals surface area contributed by atoms with Crippen molar-refractivity contribution in [2.24, 2.45) is 23.4 Å². The van der Waals surface area contributed by atoms with Crippen LogP contribution in [-0.2, 0) is 30.4 Å². The number of carbonyl (C=O) groups is 5. The second-order valence-electron chi connectivity index (χ2n) is 12.8. The Labute approximate surface area is 268 Å². The van der Waals surface area contributed by atoms with Crippen molar-refractivity contribution in [3.05, 3.63) is 18.2 Å². The molecule has 4 atom stereocenters. The fourth-order valence-corrected chi connectivity index (χ4v) is 5.14. The standard InChI is InChI=1S/C32H58N8O5/c1-6-7-8-9-10-11-12-13-14-36-24(15-21(2)3)29(42)30(43)25(17-23-19-35-20-37-23)38-31(44)26(18-28(33)41)39-32(45)27(40-34)16-22(4)5/h19-22,24-27,36,40H,6-18,34H2,1-5H3,(H2,33,41)(H,35,37)(H,38,44)(H,39,45)/t24-,25-,26?,27-/m0/s1. The van der Waals surface area contributed by atoms with Gasteiger partial charge in [0.1, 0.15) is 12.1 Å². The summed E-state index contributed by atoms with van der Waals surface area (Å²) in [6.45, 7) is 10.6. The minimum atomic E-state index is -1.38. The van der Waals surface area contributed by atoms with Crippen LogP contribution in [0.15, 0.2) is 12.5 Å². The number of nitrogens with two attached hydrogens (primary N) is 2. The number of aromatic amines is 1. The number of nitrogens with one attached hydrogen (secondary N) is 5. The Morgan fingerprint density at radius 2 is 1.31 bits per heavy atom. The molecule has 1 aromatic rings. The van der Waals surface area contributed by atoms with E-state index in [1.807, 2.05) is 27.7 Å². The third-order valence-electron chi connectivity index (χ3n) is 7.56. The van der Waals surface area contributed by atoms with Crippen molar-refractivity contribution in [1.29, 1.82) is 0 Å². The Kier molecular flexibility index (Phi) is 19.8. The highest BCUT2D eigenvalue weighted by Crippen LogP contribution is 2.12. The summed E-state index contributed by atoms with van der Waals surface area (Å²) < 4.78 is 0. The molecule has 0 bridgehead atoms. The Morgan fingerprint density at radius 3 is 1.84 bits per heavy atom. The number of Topliss-reactive ketones (excluding diaryl/α,β-unsaturated/α-hetero) is 2. The second-order valence-corrected chi connectivity index (χ2v) is 12.8. The van der Waals surface area contributed by atoms with Gasteiger partial charge in [-0.2, -0.15) is 0 Å². The van der Waals surface area contributed by atoms with Crippen molar-refractivity contribution >= 4 is 29.3 Å². The van der Waals surface area contributed by atoms with Gasteiger partial charge in [-0.05, 0) is 37.6 Å². The first kappa shape index (κ1) is 39.9. The van der Waals surface area contributed by atoms with Crippen LogP contribution in [0.4, 0.5) is 0 Å². The van der Waals surface area contributed by atoms with Crippen LogP contribution < -0.4 is 33.0 Å². The zero-order valence-electron chi connectivity index (χ0n) is 28.0. The molecule has 1 heterocycles.